The van der Waals surface area contributed by atoms with Crippen molar-refractivity contribution < 1.29 is 28.2 Å². The molecule has 1 aromatic carbocycles. The summed E-state index contributed by atoms with van der Waals surface area (Å²) in [5.74, 6) is 0.836. The molecule has 1 aromatic rings. The second-order valence-corrected chi connectivity index (χ2v) is 18.4. The van der Waals surface area contributed by atoms with Gasteiger partial charge in [0.15, 0.2) is 26.0 Å². The number of alkyl halides is 1. The van der Waals surface area contributed by atoms with Crippen LogP contribution in [0, 0.1) is 5.41 Å². The average Bonchev–Trinajstić information content (AvgIpc) is 3.56. The summed E-state index contributed by atoms with van der Waals surface area (Å²) < 4.78 is 24.6. The molecule has 0 radical (unpaired) electrons. The summed E-state index contributed by atoms with van der Waals surface area (Å²) in [6, 6.07) is 3.18. The standard InChI is InChI=1S/C30H45BrN2O6Si/c1-8-15-38-28(35)33-22-18-25(37-16-11-9-10-14-31)24(36-5)17-21(22)26(34)32-20-30(12-13-30)19-23(32)27(33)39-40(6,7)29(2,3)4/h8,17-18,23,27H,1,9-16,19-20H2,2-7H3/t23-,27?/m0/s1. The Morgan fingerprint density at radius 1 is 1.20 bits per heavy atom. The zero-order chi connectivity index (χ0) is 29.3. The van der Waals surface area contributed by atoms with Gasteiger partial charge in [-0.15, -0.1) is 0 Å². The maximum Gasteiger partial charge on any atom is 0.416 e. The fourth-order valence-electron chi connectivity index (χ4n) is 5.34. The van der Waals surface area contributed by atoms with Crippen molar-refractivity contribution in [3.63, 3.8) is 0 Å². The lowest BCUT2D eigenvalue weighted by Crippen LogP contribution is -2.58. The zero-order valence-electron chi connectivity index (χ0n) is 24.9. The van der Waals surface area contributed by atoms with Gasteiger partial charge in [-0.3, -0.25) is 4.79 Å². The Morgan fingerprint density at radius 3 is 2.52 bits per heavy atom. The van der Waals surface area contributed by atoms with Gasteiger partial charge in [0.25, 0.3) is 5.91 Å². The maximum atomic E-state index is 14.2. The van der Waals surface area contributed by atoms with Crippen molar-refractivity contribution in [2.75, 3.05) is 37.1 Å². The third-order valence-corrected chi connectivity index (χ3v) is 13.9. The SMILES string of the molecule is C=CCOC(=O)N1c2cc(OCCCCCBr)c(OC)cc2C(=O)N2CC3(CC3)C[C@H]2C1O[Si](C)(C)C(C)(C)C. The van der Waals surface area contributed by atoms with E-state index in [0.29, 0.717) is 35.9 Å². The lowest BCUT2D eigenvalue weighted by atomic mass is 10.0. The van der Waals surface area contributed by atoms with Gasteiger partial charge < -0.3 is 23.5 Å². The van der Waals surface area contributed by atoms with Gasteiger partial charge >= 0.3 is 6.09 Å². The average molecular weight is 638 g/mol. The van der Waals surface area contributed by atoms with Crippen molar-refractivity contribution in [3.05, 3.63) is 30.4 Å². The molecule has 2 aliphatic heterocycles. The van der Waals surface area contributed by atoms with Crippen LogP contribution >= 0.6 is 15.9 Å². The van der Waals surface area contributed by atoms with E-state index in [0.717, 1.165) is 43.9 Å². The number of nitrogens with zero attached hydrogens (tertiary/aromatic N) is 2. The molecular weight excluding hydrogens is 592 g/mol. The summed E-state index contributed by atoms with van der Waals surface area (Å²) in [5.41, 5.74) is 0.924. The number of unbranched alkanes of at least 4 members (excludes halogenated alkanes) is 2. The van der Waals surface area contributed by atoms with Crippen LogP contribution in [0.15, 0.2) is 24.8 Å². The van der Waals surface area contributed by atoms with Crippen LogP contribution in [-0.4, -0.2) is 69.7 Å². The molecule has 0 aromatic heterocycles. The van der Waals surface area contributed by atoms with E-state index in [9.17, 15) is 9.59 Å². The lowest BCUT2D eigenvalue weighted by molar-refractivity contribution is 0.0528. The van der Waals surface area contributed by atoms with Crippen LogP contribution in [0.4, 0.5) is 10.5 Å². The fourth-order valence-corrected chi connectivity index (χ4v) is 6.95. The second kappa shape index (κ2) is 12.1. The summed E-state index contributed by atoms with van der Waals surface area (Å²) in [4.78, 5) is 31.6. The van der Waals surface area contributed by atoms with Crippen molar-refractivity contribution in [2.45, 2.75) is 89.7 Å². The molecule has 2 atom stereocenters. The summed E-state index contributed by atoms with van der Waals surface area (Å²) in [6.07, 6.45) is 6.22. The van der Waals surface area contributed by atoms with E-state index in [-0.39, 0.29) is 29.0 Å². The number of methoxy groups -OCH3 is 1. The van der Waals surface area contributed by atoms with E-state index in [1.807, 2.05) is 4.90 Å². The van der Waals surface area contributed by atoms with Crippen LogP contribution in [-0.2, 0) is 9.16 Å². The third-order valence-electron chi connectivity index (χ3n) is 8.90. The minimum atomic E-state index is -2.40. The number of halogens is 1. The highest BCUT2D eigenvalue weighted by molar-refractivity contribution is 9.09. The molecule has 2 heterocycles. The predicted molar refractivity (Wildman–Crippen MR) is 163 cm³/mol. The molecule has 1 unspecified atom stereocenters. The molecule has 1 saturated carbocycles. The minimum Gasteiger partial charge on any atom is -0.493 e. The van der Waals surface area contributed by atoms with Crippen molar-refractivity contribution >= 4 is 41.9 Å². The first-order valence-corrected chi connectivity index (χ1v) is 18.4. The predicted octanol–water partition coefficient (Wildman–Crippen LogP) is 7.12. The molecule has 8 nitrogen and oxygen atoms in total. The number of ether oxygens (including phenoxy) is 3. The van der Waals surface area contributed by atoms with Crippen molar-refractivity contribution in [2.24, 2.45) is 5.41 Å². The molecule has 1 aliphatic carbocycles. The smallest absolute Gasteiger partial charge is 0.416 e. The van der Waals surface area contributed by atoms with Crippen molar-refractivity contribution in [1.82, 2.24) is 4.90 Å². The highest BCUT2D eigenvalue weighted by Crippen LogP contribution is 2.57. The molecule has 40 heavy (non-hydrogen) atoms. The first-order chi connectivity index (χ1) is 18.9. The summed E-state index contributed by atoms with van der Waals surface area (Å²) in [5, 5.41) is 0.848. The molecule has 0 N–H and O–H groups in total. The van der Waals surface area contributed by atoms with Crippen LogP contribution in [0.25, 0.3) is 0 Å². The minimum absolute atomic E-state index is 0.0524. The Morgan fingerprint density at radius 2 is 1.93 bits per heavy atom. The van der Waals surface area contributed by atoms with Gasteiger partial charge in [0.05, 0.1) is 31.0 Å². The highest BCUT2D eigenvalue weighted by Gasteiger charge is 2.59. The number of fused-ring (bicyclic) bond motifs is 2. The number of hydrogen-bond acceptors (Lipinski definition) is 6. The first kappa shape index (κ1) is 30.9. The lowest BCUT2D eigenvalue weighted by Gasteiger charge is -2.44. The third kappa shape index (κ3) is 6.23. The van der Waals surface area contributed by atoms with Gasteiger partial charge in [-0.05, 0) is 68.1 Å². The number of hydrogen-bond donors (Lipinski definition) is 0. The van der Waals surface area contributed by atoms with Crippen LogP contribution < -0.4 is 14.4 Å². The normalized spacial score (nSPS) is 21.5. The van der Waals surface area contributed by atoms with E-state index >= 15 is 0 Å². The van der Waals surface area contributed by atoms with Gasteiger partial charge in [-0.2, -0.15) is 0 Å². The van der Waals surface area contributed by atoms with E-state index in [1.165, 1.54) is 0 Å². The molecular formula is C30H45BrN2O6Si. The number of amides is 2. The molecule has 4 rings (SSSR count). The molecule has 1 spiro atoms. The van der Waals surface area contributed by atoms with E-state index in [4.69, 9.17) is 18.6 Å². The number of anilines is 1. The topological polar surface area (TPSA) is 77.5 Å². The van der Waals surface area contributed by atoms with Crippen LogP contribution in [0.2, 0.25) is 18.1 Å². The Labute approximate surface area is 248 Å². The highest BCUT2D eigenvalue weighted by atomic mass is 79.9. The van der Waals surface area contributed by atoms with Crippen molar-refractivity contribution in [3.8, 4) is 11.5 Å². The Bertz CT molecular complexity index is 1120. The molecule has 222 valence electrons. The largest absolute Gasteiger partial charge is 0.493 e. The van der Waals surface area contributed by atoms with E-state index in [2.05, 4.69) is 56.4 Å². The molecule has 2 fully saturated rings. The molecule has 3 aliphatic rings. The summed E-state index contributed by atoms with van der Waals surface area (Å²) in [6.45, 7) is 15.8. The number of carbonyl (C=O) groups is 2. The first-order valence-electron chi connectivity index (χ1n) is 14.3. The van der Waals surface area contributed by atoms with Gasteiger partial charge in [0.2, 0.25) is 0 Å². The van der Waals surface area contributed by atoms with Crippen LogP contribution in [0.1, 0.15) is 69.7 Å². The van der Waals surface area contributed by atoms with E-state index in [1.54, 1.807) is 30.2 Å². The molecule has 1 saturated heterocycles. The van der Waals surface area contributed by atoms with E-state index < -0.39 is 20.6 Å². The van der Waals surface area contributed by atoms with Gasteiger partial charge in [-0.1, -0.05) is 49.4 Å². The second-order valence-electron chi connectivity index (χ2n) is 12.8. The van der Waals surface area contributed by atoms with Gasteiger partial charge in [0, 0.05) is 17.9 Å². The molecule has 0 bridgehead atoms. The molecule has 2 amide bonds. The number of benzene rings is 1. The summed E-state index contributed by atoms with van der Waals surface area (Å²) in [7, 11) is -0.828. The Balaban J connectivity index is 1.84. The quantitative estimate of drug-likeness (QED) is 0.111. The van der Waals surface area contributed by atoms with Gasteiger partial charge in [-0.25, -0.2) is 9.69 Å². The fraction of sp³-hybridized carbons (Fsp3) is 0.667. The monoisotopic (exact) mass is 636 g/mol. The molecule has 10 heteroatoms. The number of carbonyl (C=O) groups excluding carboxylic acids is 2. The number of rotatable bonds is 11. The Hall–Kier alpha value is -2.04. The Kier molecular flexibility index (Phi) is 9.31. The maximum absolute atomic E-state index is 14.2. The van der Waals surface area contributed by atoms with Crippen molar-refractivity contribution in [1.29, 1.82) is 0 Å². The van der Waals surface area contributed by atoms with Crippen LogP contribution in [0.3, 0.4) is 0 Å². The summed E-state index contributed by atoms with van der Waals surface area (Å²) >= 11 is 3.47. The van der Waals surface area contributed by atoms with Gasteiger partial charge in [0.1, 0.15) is 6.61 Å². The van der Waals surface area contributed by atoms with Crippen LogP contribution in [0.5, 0.6) is 11.5 Å². The zero-order valence-corrected chi connectivity index (χ0v) is 27.5.